The van der Waals surface area contributed by atoms with Gasteiger partial charge in [0.2, 0.25) is 0 Å². The molecule has 2 aromatic carbocycles. The number of carbonyl (C=O) groups excluding carboxylic acids is 2. The van der Waals surface area contributed by atoms with Gasteiger partial charge in [-0.25, -0.2) is 0 Å². The van der Waals surface area contributed by atoms with Crippen LogP contribution in [0.15, 0.2) is 47.4 Å². The molecule has 8 nitrogen and oxygen atoms in total. The fourth-order valence-electron chi connectivity index (χ4n) is 2.27. The first kappa shape index (κ1) is 21.2. The third-order valence-electron chi connectivity index (χ3n) is 3.77. The molecular formula is C19H20N2O6S. The molecule has 0 spiro atoms. The number of methoxy groups -OCH3 is 1. The van der Waals surface area contributed by atoms with Crippen molar-refractivity contribution in [3.05, 3.63) is 58.1 Å². The SMILES string of the molecule is COc1cc([N+](=O)[O-])ccc1NC(=O)[C@H](C)OC(=O)CSc1ccccc1C. The van der Waals surface area contributed by atoms with Gasteiger partial charge in [-0.05, 0) is 31.5 Å². The number of nitro groups is 1. The summed E-state index contributed by atoms with van der Waals surface area (Å²) in [6, 6.07) is 11.5. The van der Waals surface area contributed by atoms with Crippen molar-refractivity contribution >= 4 is 35.0 Å². The van der Waals surface area contributed by atoms with Gasteiger partial charge < -0.3 is 14.8 Å². The van der Waals surface area contributed by atoms with E-state index >= 15 is 0 Å². The van der Waals surface area contributed by atoms with Crippen LogP contribution in [0.1, 0.15) is 12.5 Å². The van der Waals surface area contributed by atoms with Crippen LogP contribution in [0.25, 0.3) is 0 Å². The molecule has 0 saturated carbocycles. The molecule has 0 bridgehead atoms. The molecule has 0 aliphatic heterocycles. The zero-order valence-corrected chi connectivity index (χ0v) is 16.4. The van der Waals surface area contributed by atoms with E-state index in [1.54, 1.807) is 0 Å². The molecule has 1 atom stereocenters. The monoisotopic (exact) mass is 404 g/mol. The van der Waals surface area contributed by atoms with Crippen molar-refractivity contribution in [3.8, 4) is 5.75 Å². The first-order chi connectivity index (χ1) is 13.3. The predicted octanol–water partition coefficient (Wildman–Crippen LogP) is 3.57. The van der Waals surface area contributed by atoms with Crippen LogP contribution in [0.4, 0.5) is 11.4 Å². The van der Waals surface area contributed by atoms with E-state index in [0.717, 1.165) is 10.5 Å². The molecular weight excluding hydrogens is 384 g/mol. The summed E-state index contributed by atoms with van der Waals surface area (Å²) in [6.45, 7) is 3.39. The van der Waals surface area contributed by atoms with Crippen LogP contribution in [0.3, 0.4) is 0 Å². The van der Waals surface area contributed by atoms with Crippen molar-refractivity contribution in [2.45, 2.75) is 24.8 Å². The van der Waals surface area contributed by atoms with Crippen LogP contribution >= 0.6 is 11.8 Å². The Morgan fingerprint density at radius 2 is 1.96 bits per heavy atom. The average Bonchev–Trinajstić information content (AvgIpc) is 2.67. The highest BCUT2D eigenvalue weighted by Crippen LogP contribution is 2.29. The Kier molecular flexibility index (Phi) is 7.39. The standard InChI is InChI=1S/C19H20N2O6S/c1-12-6-4-5-7-17(12)28-11-18(22)27-13(2)19(23)20-15-9-8-14(21(24)25)10-16(15)26-3/h4-10,13H,11H2,1-3H3,(H,20,23)/t13-/m0/s1. The average molecular weight is 404 g/mol. The Labute approximate surface area is 166 Å². The van der Waals surface area contributed by atoms with Gasteiger partial charge in [0.25, 0.3) is 11.6 Å². The smallest absolute Gasteiger partial charge is 0.317 e. The second-order valence-electron chi connectivity index (χ2n) is 5.82. The van der Waals surface area contributed by atoms with Crippen LogP contribution in [0.5, 0.6) is 5.75 Å². The largest absolute Gasteiger partial charge is 0.494 e. The quantitative estimate of drug-likeness (QED) is 0.310. The lowest BCUT2D eigenvalue weighted by atomic mass is 10.2. The molecule has 2 rings (SSSR count). The fourth-order valence-corrected chi connectivity index (χ4v) is 3.08. The number of non-ortho nitro benzene ring substituents is 1. The molecule has 0 heterocycles. The molecule has 28 heavy (non-hydrogen) atoms. The molecule has 1 amide bonds. The third-order valence-corrected chi connectivity index (χ3v) is 4.92. The topological polar surface area (TPSA) is 108 Å². The summed E-state index contributed by atoms with van der Waals surface area (Å²) in [5.74, 6) is -0.882. The molecule has 0 radical (unpaired) electrons. The number of anilines is 1. The summed E-state index contributed by atoms with van der Waals surface area (Å²) in [6.07, 6.45) is -1.04. The van der Waals surface area contributed by atoms with Crippen LogP contribution in [-0.2, 0) is 14.3 Å². The maximum absolute atomic E-state index is 12.3. The van der Waals surface area contributed by atoms with E-state index < -0.39 is 22.9 Å². The highest BCUT2D eigenvalue weighted by molar-refractivity contribution is 8.00. The number of ether oxygens (including phenoxy) is 2. The lowest BCUT2D eigenvalue weighted by Crippen LogP contribution is -2.30. The molecule has 2 aromatic rings. The highest BCUT2D eigenvalue weighted by Gasteiger charge is 2.20. The second kappa shape index (κ2) is 9.75. The molecule has 0 aliphatic rings. The van der Waals surface area contributed by atoms with Crippen molar-refractivity contribution < 1.29 is 24.0 Å². The van der Waals surface area contributed by atoms with E-state index in [1.807, 2.05) is 31.2 Å². The summed E-state index contributed by atoms with van der Waals surface area (Å²) < 4.78 is 10.2. The normalized spacial score (nSPS) is 11.4. The van der Waals surface area contributed by atoms with Gasteiger partial charge in [0, 0.05) is 11.0 Å². The zero-order chi connectivity index (χ0) is 20.7. The van der Waals surface area contributed by atoms with Gasteiger partial charge in [-0.1, -0.05) is 18.2 Å². The number of rotatable bonds is 8. The van der Waals surface area contributed by atoms with E-state index in [9.17, 15) is 19.7 Å². The van der Waals surface area contributed by atoms with Crippen molar-refractivity contribution in [2.75, 3.05) is 18.2 Å². The summed E-state index contributed by atoms with van der Waals surface area (Å²) in [5.41, 5.74) is 1.13. The first-order valence-electron chi connectivity index (χ1n) is 8.33. The molecule has 148 valence electrons. The van der Waals surface area contributed by atoms with E-state index in [4.69, 9.17) is 9.47 Å². The molecule has 1 N–H and O–H groups in total. The number of aryl methyl sites for hydroxylation is 1. The van der Waals surface area contributed by atoms with Crippen LogP contribution < -0.4 is 10.1 Å². The third kappa shape index (κ3) is 5.71. The summed E-state index contributed by atoms with van der Waals surface area (Å²) in [5, 5.41) is 13.4. The number of nitrogens with zero attached hydrogens (tertiary/aromatic N) is 1. The van der Waals surface area contributed by atoms with Crippen molar-refractivity contribution in [2.24, 2.45) is 0 Å². The van der Waals surface area contributed by atoms with Crippen molar-refractivity contribution in [3.63, 3.8) is 0 Å². The molecule has 0 aliphatic carbocycles. The van der Waals surface area contributed by atoms with Gasteiger partial charge in [0.1, 0.15) is 5.75 Å². The zero-order valence-electron chi connectivity index (χ0n) is 15.6. The molecule has 0 fully saturated rings. The van der Waals surface area contributed by atoms with Crippen molar-refractivity contribution in [1.82, 2.24) is 0 Å². The molecule has 0 unspecified atom stereocenters. The van der Waals surface area contributed by atoms with E-state index in [0.29, 0.717) is 0 Å². The maximum atomic E-state index is 12.3. The number of carbonyl (C=O) groups is 2. The minimum atomic E-state index is -1.04. The predicted molar refractivity (Wildman–Crippen MR) is 106 cm³/mol. The van der Waals surface area contributed by atoms with E-state index in [-0.39, 0.29) is 22.9 Å². The summed E-state index contributed by atoms with van der Waals surface area (Å²) in [4.78, 5) is 35.5. The molecule has 0 aromatic heterocycles. The Balaban J connectivity index is 1.92. The minimum Gasteiger partial charge on any atom is -0.494 e. The van der Waals surface area contributed by atoms with Gasteiger partial charge in [0.15, 0.2) is 6.10 Å². The minimum absolute atomic E-state index is 0.0727. The van der Waals surface area contributed by atoms with E-state index in [1.165, 1.54) is 44.0 Å². The Hall–Kier alpha value is -3.07. The van der Waals surface area contributed by atoms with Gasteiger partial charge in [0.05, 0.1) is 29.5 Å². The van der Waals surface area contributed by atoms with Gasteiger partial charge >= 0.3 is 5.97 Å². The second-order valence-corrected chi connectivity index (χ2v) is 6.83. The van der Waals surface area contributed by atoms with Crippen LogP contribution in [0, 0.1) is 17.0 Å². The fraction of sp³-hybridized carbons (Fsp3) is 0.263. The van der Waals surface area contributed by atoms with Crippen LogP contribution in [0.2, 0.25) is 0 Å². The Morgan fingerprint density at radius 1 is 1.25 bits per heavy atom. The first-order valence-corrected chi connectivity index (χ1v) is 9.31. The number of thioether (sulfide) groups is 1. The Bertz CT molecular complexity index is 886. The number of amides is 1. The number of benzene rings is 2. The van der Waals surface area contributed by atoms with E-state index in [2.05, 4.69) is 5.32 Å². The van der Waals surface area contributed by atoms with Gasteiger partial charge in [-0.15, -0.1) is 11.8 Å². The molecule has 0 saturated heterocycles. The number of nitrogens with one attached hydrogen (secondary N) is 1. The summed E-state index contributed by atoms with van der Waals surface area (Å²) in [7, 11) is 1.33. The number of nitro benzene ring substituents is 1. The van der Waals surface area contributed by atoms with Crippen LogP contribution in [-0.4, -0.2) is 35.8 Å². The number of hydrogen-bond acceptors (Lipinski definition) is 7. The van der Waals surface area contributed by atoms with Crippen molar-refractivity contribution in [1.29, 1.82) is 0 Å². The highest BCUT2D eigenvalue weighted by atomic mass is 32.2. The lowest BCUT2D eigenvalue weighted by Gasteiger charge is -2.15. The molecule has 9 heteroatoms. The van der Waals surface area contributed by atoms with Gasteiger partial charge in [-0.3, -0.25) is 19.7 Å². The lowest BCUT2D eigenvalue weighted by molar-refractivity contribution is -0.384. The Morgan fingerprint density at radius 3 is 2.61 bits per heavy atom. The maximum Gasteiger partial charge on any atom is 0.317 e. The number of esters is 1. The summed E-state index contributed by atoms with van der Waals surface area (Å²) >= 11 is 1.33. The van der Waals surface area contributed by atoms with Gasteiger partial charge in [-0.2, -0.15) is 0 Å². The number of hydrogen-bond donors (Lipinski definition) is 1.